The predicted molar refractivity (Wildman–Crippen MR) is 139 cm³/mol. The molecule has 0 unspecified atom stereocenters. The molecule has 2 aromatic carbocycles. The van der Waals surface area contributed by atoms with Crippen LogP contribution in [0.5, 0.6) is 5.75 Å². The monoisotopic (exact) mass is 496 g/mol. The Morgan fingerprint density at radius 1 is 1.06 bits per heavy atom. The molecular formula is C27H36N4O5. The molecule has 0 aromatic heterocycles. The smallest absolute Gasteiger partial charge is 0.323 e. The number of fused-ring (bicyclic) bond motifs is 1. The average molecular weight is 497 g/mol. The number of carbonyl (C=O) groups is 3. The van der Waals surface area contributed by atoms with Crippen molar-refractivity contribution < 1.29 is 23.9 Å². The molecular weight excluding hydrogens is 460 g/mol. The van der Waals surface area contributed by atoms with Crippen molar-refractivity contribution >= 4 is 29.2 Å². The Hall–Kier alpha value is -3.59. The van der Waals surface area contributed by atoms with Gasteiger partial charge < -0.3 is 29.9 Å². The fourth-order valence-corrected chi connectivity index (χ4v) is 4.22. The highest BCUT2D eigenvalue weighted by molar-refractivity contribution is 6.02. The molecule has 3 rings (SSSR count). The second kappa shape index (κ2) is 12.4. The van der Waals surface area contributed by atoms with Crippen molar-refractivity contribution in [2.75, 3.05) is 44.5 Å². The maximum absolute atomic E-state index is 13.4. The summed E-state index contributed by atoms with van der Waals surface area (Å²) in [5.74, 6) is 0.176. The van der Waals surface area contributed by atoms with Gasteiger partial charge in [-0.1, -0.05) is 32.0 Å². The number of carbonyl (C=O) groups excluding carboxylic acids is 3. The minimum atomic E-state index is -0.424. The quantitative estimate of drug-likeness (QED) is 0.665. The van der Waals surface area contributed by atoms with Crippen LogP contribution in [0.15, 0.2) is 48.5 Å². The van der Waals surface area contributed by atoms with Crippen LogP contribution in [0.2, 0.25) is 0 Å². The first-order valence-corrected chi connectivity index (χ1v) is 12.2. The number of para-hydroxylation sites is 1. The molecule has 2 N–H and O–H groups in total. The molecule has 0 radical (unpaired) electrons. The first-order chi connectivity index (χ1) is 17.2. The van der Waals surface area contributed by atoms with E-state index >= 15 is 0 Å². The van der Waals surface area contributed by atoms with Gasteiger partial charge in [-0.2, -0.15) is 0 Å². The van der Waals surface area contributed by atoms with E-state index in [1.807, 2.05) is 43.9 Å². The summed E-state index contributed by atoms with van der Waals surface area (Å²) in [5.41, 5.74) is 1.42. The van der Waals surface area contributed by atoms with E-state index in [0.29, 0.717) is 42.2 Å². The molecule has 0 spiro atoms. The lowest BCUT2D eigenvalue weighted by Gasteiger charge is -2.36. The number of hydrogen-bond donors (Lipinski definition) is 2. The van der Waals surface area contributed by atoms with Gasteiger partial charge in [0.05, 0.1) is 17.7 Å². The van der Waals surface area contributed by atoms with Crippen LogP contribution < -0.4 is 15.4 Å². The summed E-state index contributed by atoms with van der Waals surface area (Å²) in [6, 6.07) is 13.4. The number of urea groups is 1. The second-order valence-corrected chi connectivity index (χ2v) is 9.15. The number of ether oxygens (including phenoxy) is 2. The van der Waals surface area contributed by atoms with Gasteiger partial charge in [-0.25, -0.2) is 4.79 Å². The summed E-state index contributed by atoms with van der Waals surface area (Å²) in [5, 5.41) is 5.53. The number of anilines is 2. The summed E-state index contributed by atoms with van der Waals surface area (Å²) in [7, 11) is 3.32. The van der Waals surface area contributed by atoms with Crippen molar-refractivity contribution in [1.82, 2.24) is 9.80 Å². The molecule has 9 nitrogen and oxygen atoms in total. The third kappa shape index (κ3) is 6.75. The first-order valence-electron chi connectivity index (χ1n) is 12.2. The van der Waals surface area contributed by atoms with Gasteiger partial charge in [-0.15, -0.1) is 0 Å². The van der Waals surface area contributed by atoms with E-state index in [9.17, 15) is 14.4 Å². The van der Waals surface area contributed by atoms with E-state index in [-0.39, 0.29) is 36.5 Å². The Balaban J connectivity index is 1.89. The van der Waals surface area contributed by atoms with Gasteiger partial charge in [0, 0.05) is 51.0 Å². The molecule has 1 heterocycles. The van der Waals surface area contributed by atoms with E-state index in [1.54, 1.807) is 49.4 Å². The number of hydrogen-bond acceptors (Lipinski definition) is 5. The molecule has 194 valence electrons. The lowest BCUT2D eigenvalue weighted by atomic mass is 10.0. The van der Waals surface area contributed by atoms with E-state index in [2.05, 4.69) is 10.6 Å². The van der Waals surface area contributed by atoms with Gasteiger partial charge >= 0.3 is 6.03 Å². The van der Waals surface area contributed by atoms with Crippen LogP contribution >= 0.6 is 0 Å². The lowest BCUT2D eigenvalue weighted by Crippen LogP contribution is -2.48. The number of likely N-dealkylation sites (N-methyl/N-ethyl adjacent to an activating group) is 1. The molecule has 1 aliphatic rings. The number of benzene rings is 2. The van der Waals surface area contributed by atoms with Crippen LogP contribution in [-0.4, -0.2) is 73.6 Å². The molecule has 0 fully saturated rings. The zero-order valence-electron chi connectivity index (χ0n) is 21.6. The molecule has 0 saturated carbocycles. The minimum Gasteiger partial charge on any atom is -0.491 e. The molecule has 0 bridgehead atoms. The van der Waals surface area contributed by atoms with Crippen molar-refractivity contribution in [1.29, 1.82) is 0 Å². The standard InChI is InChI=1S/C27H36N4O5/c1-6-25(32)31-15-18(2)24(35-5)16-30(4)26(33)22-14-21(12-13-23(22)36-17-19(31)3)29-27(34)28-20-10-8-7-9-11-20/h7-14,18-19,24H,6,15-17H2,1-5H3,(H2,28,29,34)/t18-,19-,24+/m0/s1. The highest BCUT2D eigenvalue weighted by Gasteiger charge is 2.30. The Labute approximate surface area is 212 Å². The van der Waals surface area contributed by atoms with Crippen LogP contribution in [-0.2, 0) is 9.53 Å². The van der Waals surface area contributed by atoms with Gasteiger partial charge in [0.15, 0.2) is 0 Å². The van der Waals surface area contributed by atoms with Crippen molar-refractivity contribution in [3.05, 3.63) is 54.1 Å². The number of nitrogens with zero attached hydrogens (tertiary/aromatic N) is 2. The largest absolute Gasteiger partial charge is 0.491 e. The van der Waals surface area contributed by atoms with Gasteiger partial charge in [-0.05, 0) is 37.3 Å². The first kappa shape index (κ1) is 27.0. The molecule has 2 aromatic rings. The zero-order valence-corrected chi connectivity index (χ0v) is 21.6. The van der Waals surface area contributed by atoms with Gasteiger partial charge in [0.1, 0.15) is 12.4 Å². The van der Waals surface area contributed by atoms with Crippen LogP contribution in [0.1, 0.15) is 37.6 Å². The van der Waals surface area contributed by atoms with Crippen LogP contribution in [0, 0.1) is 5.92 Å². The van der Waals surface area contributed by atoms with Gasteiger partial charge in [0.25, 0.3) is 5.91 Å². The third-order valence-electron chi connectivity index (χ3n) is 6.36. The maximum atomic E-state index is 13.4. The van der Waals surface area contributed by atoms with Crippen LogP contribution in [0.4, 0.5) is 16.2 Å². The predicted octanol–water partition coefficient (Wildman–Crippen LogP) is 4.07. The number of rotatable bonds is 4. The fraction of sp³-hybridized carbons (Fsp3) is 0.444. The number of methoxy groups -OCH3 is 1. The molecule has 9 heteroatoms. The Morgan fingerprint density at radius 2 is 1.75 bits per heavy atom. The summed E-state index contributed by atoms with van der Waals surface area (Å²) >= 11 is 0. The van der Waals surface area contributed by atoms with E-state index in [0.717, 1.165) is 0 Å². The van der Waals surface area contributed by atoms with Crippen molar-refractivity contribution in [3.63, 3.8) is 0 Å². The normalized spacial score (nSPS) is 20.9. The van der Waals surface area contributed by atoms with E-state index < -0.39 is 6.03 Å². The molecule has 4 amide bonds. The van der Waals surface area contributed by atoms with E-state index in [4.69, 9.17) is 9.47 Å². The lowest BCUT2D eigenvalue weighted by molar-refractivity contribution is -0.135. The molecule has 0 saturated heterocycles. The minimum absolute atomic E-state index is 0.00298. The summed E-state index contributed by atoms with van der Waals surface area (Å²) in [4.78, 5) is 42.0. The Morgan fingerprint density at radius 3 is 2.42 bits per heavy atom. The Bertz CT molecular complexity index is 1060. The second-order valence-electron chi connectivity index (χ2n) is 9.15. The summed E-state index contributed by atoms with van der Waals surface area (Å²) < 4.78 is 11.8. The van der Waals surface area contributed by atoms with Gasteiger partial charge in [-0.3, -0.25) is 9.59 Å². The average Bonchev–Trinajstić information content (AvgIpc) is 2.88. The van der Waals surface area contributed by atoms with Gasteiger partial charge in [0.2, 0.25) is 5.91 Å². The van der Waals surface area contributed by atoms with Crippen LogP contribution in [0.3, 0.4) is 0 Å². The summed E-state index contributed by atoms with van der Waals surface area (Å²) in [6.45, 7) is 6.86. The summed E-state index contributed by atoms with van der Waals surface area (Å²) in [6.07, 6.45) is 0.129. The highest BCUT2D eigenvalue weighted by Crippen LogP contribution is 2.26. The Kier molecular flexibility index (Phi) is 9.30. The van der Waals surface area contributed by atoms with Crippen molar-refractivity contribution in [2.45, 2.75) is 39.3 Å². The molecule has 0 aliphatic carbocycles. The maximum Gasteiger partial charge on any atom is 0.323 e. The zero-order chi connectivity index (χ0) is 26.2. The highest BCUT2D eigenvalue weighted by atomic mass is 16.5. The molecule has 36 heavy (non-hydrogen) atoms. The van der Waals surface area contributed by atoms with Crippen molar-refractivity contribution in [2.24, 2.45) is 5.92 Å². The number of amides is 4. The van der Waals surface area contributed by atoms with E-state index in [1.165, 1.54) is 0 Å². The third-order valence-corrected chi connectivity index (χ3v) is 6.36. The molecule has 3 atom stereocenters. The SMILES string of the molecule is CCC(=O)N1C[C@H](C)[C@H](OC)CN(C)C(=O)c2cc(NC(=O)Nc3ccccc3)ccc2OC[C@@H]1C. The van der Waals surface area contributed by atoms with Crippen LogP contribution in [0.25, 0.3) is 0 Å². The number of nitrogens with one attached hydrogen (secondary N) is 2. The van der Waals surface area contributed by atoms with Crippen molar-refractivity contribution in [3.8, 4) is 5.75 Å². The topological polar surface area (TPSA) is 100 Å². The fourth-order valence-electron chi connectivity index (χ4n) is 4.22. The molecule has 1 aliphatic heterocycles.